The van der Waals surface area contributed by atoms with Crippen LogP contribution < -0.4 is 0 Å². The monoisotopic (exact) mass is 390 g/mol. The second-order valence-electron chi connectivity index (χ2n) is 6.92. The van der Waals surface area contributed by atoms with E-state index in [9.17, 15) is 0 Å². The van der Waals surface area contributed by atoms with Gasteiger partial charge in [-0.05, 0) is 54.5 Å². The van der Waals surface area contributed by atoms with Gasteiger partial charge >= 0.3 is 0 Å². The summed E-state index contributed by atoms with van der Waals surface area (Å²) in [5.41, 5.74) is 4.77. The Hall–Kier alpha value is -3.81. The highest BCUT2D eigenvalue weighted by atomic mass is 15.1. The Morgan fingerprint density at radius 1 is 0.567 bits per heavy atom. The third kappa shape index (κ3) is 5.84. The van der Waals surface area contributed by atoms with Gasteiger partial charge in [-0.1, -0.05) is 42.3 Å². The normalized spacial score (nSPS) is 10.4. The van der Waals surface area contributed by atoms with Crippen molar-refractivity contribution in [2.75, 3.05) is 0 Å². The average Bonchev–Trinajstić information content (AvgIpc) is 2.80. The number of benzene rings is 1. The van der Waals surface area contributed by atoms with Crippen molar-refractivity contribution in [3.05, 3.63) is 126 Å². The summed E-state index contributed by atoms with van der Waals surface area (Å²) in [6.07, 6.45) is 3.65. The zero-order valence-electron chi connectivity index (χ0n) is 16.6. The third-order valence-electron chi connectivity index (χ3n) is 4.52. The Labute approximate surface area is 177 Å². The molecule has 30 heavy (non-hydrogen) atoms. The Morgan fingerprint density at radius 3 is 1.80 bits per heavy atom. The van der Waals surface area contributed by atoms with Gasteiger partial charge in [0.25, 0.3) is 0 Å². The minimum Gasteiger partial charge on any atom is -0.286 e. The van der Waals surface area contributed by atoms with Crippen molar-refractivity contribution in [3.8, 4) is 11.8 Å². The van der Waals surface area contributed by atoms with E-state index in [1.165, 1.54) is 0 Å². The number of aromatic nitrogens is 3. The predicted molar refractivity (Wildman–Crippen MR) is 118 cm³/mol. The van der Waals surface area contributed by atoms with Crippen LogP contribution in [0, 0.1) is 11.8 Å². The van der Waals surface area contributed by atoms with Gasteiger partial charge in [0.15, 0.2) is 0 Å². The van der Waals surface area contributed by atoms with Gasteiger partial charge < -0.3 is 0 Å². The molecule has 0 N–H and O–H groups in total. The molecule has 0 aliphatic rings. The van der Waals surface area contributed by atoms with Crippen molar-refractivity contribution in [2.45, 2.75) is 19.6 Å². The molecular formula is C26H22N4. The van der Waals surface area contributed by atoms with Crippen LogP contribution in [0.3, 0.4) is 0 Å². The van der Waals surface area contributed by atoms with Crippen LogP contribution >= 0.6 is 0 Å². The summed E-state index contributed by atoms with van der Waals surface area (Å²) in [6, 6.07) is 27.9. The molecule has 0 saturated carbocycles. The highest BCUT2D eigenvalue weighted by molar-refractivity contribution is 5.40. The van der Waals surface area contributed by atoms with E-state index in [0.29, 0.717) is 6.54 Å². The SMILES string of the molecule is C(#Cc1cccc(CN(Cc2ccccn2)Cc2ccccn2)n1)c1ccccc1. The van der Waals surface area contributed by atoms with Gasteiger partial charge in [0.1, 0.15) is 5.69 Å². The maximum Gasteiger partial charge on any atom is 0.113 e. The fourth-order valence-corrected chi connectivity index (χ4v) is 3.13. The van der Waals surface area contributed by atoms with Gasteiger partial charge in [-0.2, -0.15) is 0 Å². The second-order valence-corrected chi connectivity index (χ2v) is 6.92. The first-order valence-electron chi connectivity index (χ1n) is 9.90. The molecule has 0 aliphatic heterocycles. The zero-order valence-corrected chi connectivity index (χ0v) is 16.6. The van der Waals surface area contributed by atoms with Crippen molar-refractivity contribution >= 4 is 0 Å². The molecule has 3 aromatic heterocycles. The molecule has 4 nitrogen and oxygen atoms in total. The molecule has 0 aliphatic carbocycles. The fourth-order valence-electron chi connectivity index (χ4n) is 3.13. The number of pyridine rings is 3. The third-order valence-corrected chi connectivity index (χ3v) is 4.52. The predicted octanol–water partition coefficient (Wildman–Crippen LogP) is 4.47. The van der Waals surface area contributed by atoms with Crippen molar-refractivity contribution in [1.29, 1.82) is 0 Å². The molecule has 0 spiro atoms. The topological polar surface area (TPSA) is 41.9 Å². The van der Waals surface area contributed by atoms with E-state index in [0.717, 1.165) is 41.4 Å². The molecule has 146 valence electrons. The van der Waals surface area contributed by atoms with Gasteiger partial charge in [0.2, 0.25) is 0 Å². The summed E-state index contributed by atoms with van der Waals surface area (Å²) < 4.78 is 0. The lowest BCUT2D eigenvalue weighted by Gasteiger charge is -2.21. The molecule has 4 rings (SSSR count). The largest absolute Gasteiger partial charge is 0.286 e. The summed E-state index contributed by atoms with van der Waals surface area (Å²) in [4.78, 5) is 16.0. The average molecular weight is 390 g/mol. The highest BCUT2D eigenvalue weighted by Gasteiger charge is 2.11. The van der Waals surface area contributed by atoms with Gasteiger partial charge in [-0.15, -0.1) is 0 Å². The number of hydrogen-bond donors (Lipinski definition) is 0. The number of hydrogen-bond acceptors (Lipinski definition) is 4. The lowest BCUT2D eigenvalue weighted by molar-refractivity contribution is 0.239. The van der Waals surface area contributed by atoms with Crippen LogP contribution in [0.2, 0.25) is 0 Å². The zero-order chi connectivity index (χ0) is 20.4. The summed E-state index contributed by atoms with van der Waals surface area (Å²) >= 11 is 0. The molecule has 0 bridgehead atoms. The Morgan fingerprint density at radius 2 is 1.17 bits per heavy atom. The van der Waals surface area contributed by atoms with Crippen LogP contribution in [-0.2, 0) is 19.6 Å². The minimum atomic E-state index is 0.688. The lowest BCUT2D eigenvalue weighted by Crippen LogP contribution is -2.24. The van der Waals surface area contributed by atoms with Gasteiger partial charge in [-0.25, -0.2) is 4.98 Å². The van der Waals surface area contributed by atoms with E-state index >= 15 is 0 Å². The van der Waals surface area contributed by atoms with E-state index in [4.69, 9.17) is 4.98 Å². The van der Waals surface area contributed by atoms with Crippen molar-refractivity contribution < 1.29 is 0 Å². The van der Waals surface area contributed by atoms with Crippen LogP contribution in [0.1, 0.15) is 28.3 Å². The van der Waals surface area contributed by atoms with Gasteiger partial charge in [-0.3, -0.25) is 14.9 Å². The van der Waals surface area contributed by atoms with E-state index in [1.54, 1.807) is 0 Å². The molecule has 0 unspecified atom stereocenters. The number of nitrogens with zero attached hydrogens (tertiary/aromatic N) is 4. The van der Waals surface area contributed by atoms with Crippen molar-refractivity contribution in [3.63, 3.8) is 0 Å². The van der Waals surface area contributed by atoms with Crippen LogP contribution in [0.25, 0.3) is 0 Å². The van der Waals surface area contributed by atoms with Crippen molar-refractivity contribution in [2.24, 2.45) is 0 Å². The summed E-state index contributed by atoms with van der Waals surface area (Å²) in [6.45, 7) is 2.13. The van der Waals surface area contributed by atoms with Crippen molar-refractivity contribution in [1.82, 2.24) is 19.9 Å². The second kappa shape index (κ2) is 10.1. The molecular weight excluding hydrogens is 368 g/mol. The smallest absolute Gasteiger partial charge is 0.113 e. The first kappa shape index (κ1) is 19.5. The van der Waals surface area contributed by atoms with Gasteiger partial charge in [0.05, 0.1) is 17.1 Å². The van der Waals surface area contributed by atoms with Gasteiger partial charge in [0, 0.05) is 37.6 Å². The maximum atomic E-state index is 4.75. The Kier molecular flexibility index (Phi) is 6.57. The number of rotatable bonds is 6. The van der Waals surface area contributed by atoms with E-state index in [-0.39, 0.29) is 0 Å². The summed E-state index contributed by atoms with van der Waals surface area (Å²) in [7, 11) is 0. The Bertz CT molecular complexity index is 1080. The fraction of sp³-hybridized carbons (Fsp3) is 0.115. The lowest BCUT2D eigenvalue weighted by atomic mass is 10.2. The summed E-state index contributed by atoms with van der Waals surface area (Å²) in [5.74, 6) is 6.34. The molecule has 0 amide bonds. The minimum absolute atomic E-state index is 0.688. The molecule has 0 saturated heterocycles. The highest BCUT2D eigenvalue weighted by Crippen LogP contribution is 2.11. The quantitative estimate of drug-likeness (QED) is 0.456. The van der Waals surface area contributed by atoms with Crippen LogP contribution in [0.5, 0.6) is 0 Å². The van der Waals surface area contributed by atoms with Crippen LogP contribution in [0.15, 0.2) is 97.3 Å². The van der Waals surface area contributed by atoms with Crippen LogP contribution in [-0.4, -0.2) is 19.9 Å². The molecule has 1 aromatic carbocycles. The molecule has 3 heterocycles. The standard InChI is InChI=1S/C26H22N4/c1-2-9-22(10-3-1)15-16-23-13-8-14-26(29-23)21-30(19-24-11-4-6-17-27-24)20-25-12-5-7-18-28-25/h1-14,17-18H,19-21H2. The Balaban J connectivity index is 1.52. The van der Waals surface area contributed by atoms with Crippen LogP contribution in [0.4, 0.5) is 0 Å². The molecule has 0 radical (unpaired) electrons. The van der Waals surface area contributed by atoms with E-state index in [1.807, 2.05) is 97.3 Å². The molecule has 4 heteroatoms. The first-order valence-corrected chi connectivity index (χ1v) is 9.90. The van der Waals surface area contributed by atoms with E-state index < -0.39 is 0 Å². The molecule has 0 atom stereocenters. The molecule has 4 aromatic rings. The summed E-state index contributed by atoms with van der Waals surface area (Å²) in [5, 5.41) is 0. The first-order chi connectivity index (χ1) is 14.8. The molecule has 0 fully saturated rings. The maximum absolute atomic E-state index is 4.75. The van der Waals surface area contributed by atoms with E-state index in [2.05, 4.69) is 26.7 Å².